The van der Waals surface area contributed by atoms with Crippen molar-refractivity contribution in [3.63, 3.8) is 0 Å². The summed E-state index contributed by atoms with van der Waals surface area (Å²) < 4.78 is 4.70. The molecule has 2 amide bonds. The number of alkyl carbamates (subject to hydrolysis) is 1. The van der Waals surface area contributed by atoms with E-state index in [2.05, 4.69) is 10.6 Å². The van der Waals surface area contributed by atoms with Crippen LogP contribution >= 0.6 is 0 Å². The molecule has 0 saturated carbocycles. The Hall–Kier alpha value is -2.24. The molecule has 1 aliphatic rings. The van der Waals surface area contributed by atoms with E-state index in [-0.39, 0.29) is 5.91 Å². The molecule has 0 aromatic rings. The second-order valence-corrected chi connectivity index (χ2v) is 4.24. The molecule has 0 spiro atoms. The van der Waals surface area contributed by atoms with Crippen molar-refractivity contribution in [2.24, 2.45) is 5.73 Å². The molecule has 4 N–H and O–H groups in total. The zero-order valence-electron chi connectivity index (χ0n) is 11.6. The maximum absolute atomic E-state index is 11.7. The van der Waals surface area contributed by atoms with Gasteiger partial charge in [0.1, 0.15) is 0 Å². The van der Waals surface area contributed by atoms with Crippen molar-refractivity contribution >= 4 is 12.0 Å². The molecule has 6 nitrogen and oxygen atoms in total. The first-order valence-electron chi connectivity index (χ1n) is 6.66. The molecule has 6 heteroatoms. The summed E-state index contributed by atoms with van der Waals surface area (Å²) in [5.41, 5.74) is 6.90. The van der Waals surface area contributed by atoms with Crippen molar-refractivity contribution in [1.82, 2.24) is 10.6 Å². The fraction of sp³-hybridized carbons (Fsp3) is 0.429. The number of hydrogen-bond acceptors (Lipinski definition) is 4. The van der Waals surface area contributed by atoms with Gasteiger partial charge in [0, 0.05) is 30.4 Å². The summed E-state index contributed by atoms with van der Waals surface area (Å²) in [5, 5.41) is 5.27. The molecule has 0 aromatic heterocycles. The highest BCUT2D eigenvalue weighted by Crippen LogP contribution is 2.06. The lowest BCUT2D eigenvalue weighted by atomic mass is 10.1. The smallest absolute Gasteiger partial charge is 0.407 e. The Morgan fingerprint density at radius 3 is 2.90 bits per heavy atom. The molecule has 110 valence electrons. The average Bonchev–Trinajstić information content (AvgIpc) is 2.39. The molecule has 0 heterocycles. The van der Waals surface area contributed by atoms with Crippen LogP contribution in [0.25, 0.3) is 0 Å². The van der Waals surface area contributed by atoms with E-state index in [1.807, 2.05) is 18.2 Å². The van der Waals surface area contributed by atoms with Gasteiger partial charge in [-0.2, -0.15) is 0 Å². The molecule has 0 aromatic carbocycles. The van der Waals surface area contributed by atoms with Crippen LogP contribution in [-0.4, -0.2) is 25.2 Å². The Balaban J connectivity index is 2.29. The molecular formula is C14H21N3O3. The van der Waals surface area contributed by atoms with Crippen LogP contribution in [0.15, 0.2) is 35.7 Å². The Bertz CT molecular complexity index is 439. The minimum atomic E-state index is -0.484. The van der Waals surface area contributed by atoms with E-state index in [4.69, 9.17) is 10.5 Å². The van der Waals surface area contributed by atoms with Gasteiger partial charge in [-0.25, -0.2) is 4.79 Å². The highest BCUT2D eigenvalue weighted by molar-refractivity contribution is 5.89. The third-order valence-electron chi connectivity index (χ3n) is 2.54. The third kappa shape index (κ3) is 6.63. The van der Waals surface area contributed by atoms with E-state index in [0.717, 1.165) is 18.5 Å². The number of amides is 2. The SMILES string of the molecule is CCOC(=O)NCCC(N)=CC(=O)NC1=CCCC=C1. The summed E-state index contributed by atoms with van der Waals surface area (Å²) in [6, 6.07) is 0. The molecule has 0 fully saturated rings. The van der Waals surface area contributed by atoms with Crippen LogP contribution in [0.2, 0.25) is 0 Å². The topological polar surface area (TPSA) is 93.4 Å². The van der Waals surface area contributed by atoms with Gasteiger partial charge in [0.15, 0.2) is 0 Å². The van der Waals surface area contributed by atoms with Crippen molar-refractivity contribution < 1.29 is 14.3 Å². The second-order valence-electron chi connectivity index (χ2n) is 4.24. The highest BCUT2D eigenvalue weighted by atomic mass is 16.5. The first kappa shape index (κ1) is 15.8. The van der Waals surface area contributed by atoms with Gasteiger partial charge in [-0.3, -0.25) is 4.79 Å². The molecule has 0 radical (unpaired) electrons. The average molecular weight is 279 g/mol. The fourth-order valence-corrected chi connectivity index (χ4v) is 1.62. The van der Waals surface area contributed by atoms with E-state index in [1.165, 1.54) is 6.08 Å². The van der Waals surface area contributed by atoms with Crippen LogP contribution < -0.4 is 16.4 Å². The maximum Gasteiger partial charge on any atom is 0.407 e. The van der Waals surface area contributed by atoms with Crippen molar-refractivity contribution in [2.75, 3.05) is 13.2 Å². The number of nitrogens with two attached hydrogens (primary N) is 1. The molecule has 0 atom stereocenters. The molecule has 20 heavy (non-hydrogen) atoms. The van der Waals surface area contributed by atoms with Gasteiger partial charge in [0.05, 0.1) is 6.61 Å². The number of nitrogens with one attached hydrogen (secondary N) is 2. The number of rotatable bonds is 6. The van der Waals surface area contributed by atoms with E-state index in [1.54, 1.807) is 6.92 Å². The van der Waals surface area contributed by atoms with E-state index < -0.39 is 6.09 Å². The molecule has 0 bridgehead atoms. The number of allylic oxidation sites excluding steroid dienone is 3. The summed E-state index contributed by atoms with van der Waals surface area (Å²) in [4.78, 5) is 22.7. The normalized spacial score (nSPS) is 14.4. The van der Waals surface area contributed by atoms with Gasteiger partial charge in [0.2, 0.25) is 5.91 Å². The van der Waals surface area contributed by atoms with Gasteiger partial charge >= 0.3 is 6.09 Å². The molecule has 1 rings (SSSR count). The van der Waals surface area contributed by atoms with Gasteiger partial charge in [-0.1, -0.05) is 12.2 Å². The second kappa shape index (κ2) is 8.79. The number of carbonyl (C=O) groups excluding carboxylic acids is 2. The number of ether oxygens (including phenoxy) is 1. The zero-order chi connectivity index (χ0) is 14.8. The summed E-state index contributed by atoms with van der Waals surface area (Å²) in [5.74, 6) is -0.267. The van der Waals surface area contributed by atoms with Gasteiger partial charge in [0.25, 0.3) is 0 Å². The number of hydrogen-bond donors (Lipinski definition) is 3. The van der Waals surface area contributed by atoms with Crippen molar-refractivity contribution in [3.8, 4) is 0 Å². The Morgan fingerprint density at radius 1 is 1.45 bits per heavy atom. The first-order chi connectivity index (χ1) is 9.61. The molecule has 0 saturated heterocycles. The minimum absolute atomic E-state index is 0.267. The van der Waals surface area contributed by atoms with Crippen molar-refractivity contribution in [2.45, 2.75) is 26.2 Å². The summed E-state index contributed by atoms with van der Waals surface area (Å²) >= 11 is 0. The largest absolute Gasteiger partial charge is 0.450 e. The highest BCUT2D eigenvalue weighted by Gasteiger charge is 2.04. The van der Waals surface area contributed by atoms with Gasteiger partial charge < -0.3 is 21.1 Å². The van der Waals surface area contributed by atoms with Crippen LogP contribution in [-0.2, 0) is 9.53 Å². The lowest BCUT2D eigenvalue weighted by molar-refractivity contribution is -0.115. The lowest BCUT2D eigenvalue weighted by Crippen LogP contribution is -2.27. The Morgan fingerprint density at radius 2 is 2.25 bits per heavy atom. The third-order valence-corrected chi connectivity index (χ3v) is 2.54. The van der Waals surface area contributed by atoms with Crippen molar-refractivity contribution in [3.05, 3.63) is 35.7 Å². The Kier molecular flexibility index (Phi) is 6.95. The maximum atomic E-state index is 11.7. The first-order valence-corrected chi connectivity index (χ1v) is 6.66. The van der Waals surface area contributed by atoms with Crippen LogP contribution in [0, 0.1) is 0 Å². The Labute approximate surface area is 118 Å². The van der Waals surface area contributed by atoms with Crippen molar-refractivity contribution in [1.29, 1.82) is 0 Å². The molecule has 1 aliphatic carbocycles. The summed E-state index contributed by atoms with van der Waals surface area (Å²) in [6.45, 7) is 2.38. The fourth-order valence-electron chi connectivity index (χ4n) is 1.62. The standard InChI is InChI=1S/C14H21N3O3/c1-2-20-14(19)16-9-8-11(15)10-13(18)17-12-6-4-3-5-7-12/h4,6-7,10H,2-3,5,8-9,15H2,1H3,(H,16,19)(H,17,18). The lowest BCUT2D eigenvalue weighted by Gasteiger charge is -2.08. The van der Waals surface area contributed by atoms with E-state index >= 15 is 0 Å². The molecule has 0 unspecified atom stereocenters. The molecular weight excluding hydrogens is 258 g/mol. The monoisotopic (exact) mass is 279 g/mol. The zero-order valence-corrected chi connectivity index (χ0v) is 11.6. The minimum Gasteiger partial charge on any atom is -0.450 e. The van der Waals surface area contributed by atoms with Gasteiger partial charge in [-0.15, -0.1) is 0 Å². The quantitative estimate of drug-likeness (QED) is 0.639. The van der Waals surface area contributed by atoms with E-state index in [9.17, 15) is 9.59 Å². The van der Waals surface area contributed by atoms with Crippen LogP contribution in [0.1, 0.15) is 26.2 Å². The van der Waals surface area contributed by atoms with Crippen LogP contribution in [0.5, 0.6) is 0 Å². The van der Waals surface area contributed by atoms with Crippen LogP contribution in [0.4, 0.5) is 4.79 Å². The summed E-state index contributed by atoms with van der Waals surface area (Å²) in [6.07, 6.45) is 8.99. The predicted octanol–water partition coefficient (Wildman–Crippen LogP) is 1.32. The van der Waals surface area contributed by atoms with Crippen LogP contribution in [0.3, 0.4) is 0 Å². The van der Waals surface area contributed by atoms with E-state index in [0.29, 0.717) is 25.3 Å². The molecule has 0 aliphatic heterocycles. The summed E-state index contributed by atoms with van der Waals surface area (Å²) in [7, 11) is 0. The predicted molar refractivity (Wildman–Crippen MR) is 76.5 cm³/mol. The number of carbonyl (C=O) groups is 2. The van der Waals surface area contributed by atoms with Gasteiger partial charge in [-0.05, 0) is 25.8 Å².